The minimum Gasteiger partial charge on any atom is -0.497 e. The van der Waals surface area contributed by atoms with Gasteiger partial charge in [-0.3, -0.25) is 0 Å². The van der Waals surface area contributed by atoms with Gasteiger partial charge in [0.05, 0.1) is 19.9 Å². The topological polar surface area (TPSA) is 79.1 Å². The van der Waals surface area contributed by atoms with Crippen molar-refractivity contribution in [3.05, 3.63) is 41.6 Å². The highest BCUT2D eigenvalue weighted by molar-refractivity contribution is 5.40. The molecular formula is C14H20N4O. The highest BCUT2D eigenvalue weighted by Crippen LogP contribution is 2.17. The summed E-state index contributed by atoms with van der Waals surface area (Å²) >= 11 is 0. The first-order valence-corrected chi connectivity index (χ1v) is 6.37. The molecule has 2 rings (SSSR count). The molecule has 1 aromatic carbocycles. The molecule has 0 amide bonds. The number of hydrogen-bond acceptors (Lipinski definition) is 4. The molecule has 0 aliphatic carbocycles. The minimum atomic E-state index is 0.645. The van der Waals surface area contributed by atoms with Crippen LogP contribution in [-0.4, -0.2) is 23.4 Å². The Labute approximate surface area is 113 Å². The summed E-state index contributed by atoms with van der Waals surface area (Å²) in [5, 5.41) is 4.33. The van der Waals surface area contributed by atoms with Crippen molar-refractivity contribution < 1.29 is 4.74 Å². The third-order valence-electron chi connectivity index (χ3n) is 3.08. The standard InChI is InChI=1S/C14H20N4O/c1-19-13-6-2-4-11(8-13)10-18-14(16)12(9-17-18)5-3-7-15/h2,4,6,8-9H,3,5,7,10,15-16H2,1H3. The van der Waals surface area contributed by atoms with Crippen LogP contribution in [0.5, 0.6) is 5.75 Å². The van der Waals surface area contributed by atoms with Crippen LogP contribution in [0.1, 0.15) is 17.5 Å². The number of nitrogen functional groups attached to an aromatic ring is 1. The molecule has 4 N–H and O–H groups in total. The Bertz CT molecular complexity index is 536. The summed E-state index contributed by atoms with van der Waals surface area (Å²) < 4.78 is 7.01. The summed E-state index contributed by atoms with van der Waals surface area (Å²) in [6.07, 6.45) is 3.63. The monoisotopic (exact) mass is 260 g/mol. The summed E-state index contributed by atoms with van der Waals surface area (Å²) in [4.78, 5) is 0. The predicted octanol–water partition coefficient (Wildman–Crippen LogP) is 1.41. The van der Waals surface area contributed by atoms with Crippen LogP contribution in [0.4, 0.5) is 5.82 Å². The summed E-state index contributed by atoms with van der Waals surface area (Å²) in [6, 6.07) is 7.90. The molecular weight excluding hydrogens is 240 g/mol. The van der Waals surface area contributed by atoms with E-state index in [4.69, 9.17) is 16.2 Å². The van der Waals surface area contributed by atoms with Crippen LogP contribution >= 0.6 is 0 Å². The van der Waals surface area contributed by atoms with Gasteiger partial charge >= 0.3 is 0 Å². The Balaban J connectivity index is 2.12. The normalized spacial score (nSPS) is 10.6. The van der Waals surface area contributed by atoms with Crippen molar-refractivity contribution in [3.63, 3.8) is 0 Å². The van der Waals surface area contributed by atoms with Crippen LogP contribution in [0.2, 0.25) is 0 Å². The van der Waals surface area contributed by atoms with Crippen LogP contribution in [0.3, 0.4) is 0 Å². The average molecular weight is 260 g/mol. The minimum absolute atomic E-state index is 0.645. The van der Waals surface area contributed by atoms with Crippen molar-refractivity contribution in [2.45, 2.75) is 19.4 Å². The van der Waals surface area contributed by atoms with Gasteiger partial charge in [0.15, 0.2) is 0 Å². The zero-order valence-corrected chi connectivity index (χ0v) is 11.2. The maximum Gasteiger partial charge on any atom is 0.125 e. The number of benzene rings is 1. The van der Waals surface area contributed by atoms with Gasteiger partial charge in [-0.1, -0.05) is 12.1 Å². The summed E-state index contributed by atoms with van der Waals surface area (Å²) in [5.74, 6) is 1.56. The Hall–Kier alpha value is -2.01. The Morgan fingerprint density at radius 2 is 2.21 bits per heavy atom. The molecule has 0 radical (unpaired) electrons. The van der Waals surface area contributed by atoms with Crippen molar-refractivity contribution >= 4 is 5.82 Å². The van der Waals surface area contributed by atoms with Gasteiger partial charge < -0.3 is 16.2 Å². The van der Waals surface area contributed by atoms with Gasteiger partial charge in [-0.25, -0.2) is 4.68 Å². The number of anilines is 1. The van der Waals surface area contributed by atoms with Crippen molar-refractivity contribution in [2.75, 3.05) is 19.4 Å². The fraction of sp³-hybridized carbons (Fsp3) is 0.357. The number of methoxy groups -OCH3 is 1. The van der Waals surface area contributed by atoms with E-state index in [1.807, 2.05) is 30.5 Å². The molecule has 5 nitrogen and oxygen atoms in total. The molecule has 0 bridgehead atoms. The molecule has 0 atom stereocenters. The summed E-state index contributed by atoms with van der Waals surface area (Å²) in [5.41, 5.74) is 13.8. The van der Waals surface area contributed by atoms with Crippen LogP contribution < -0.4 is 16.2 Å². The molecule has 0 saturated heterocycles. The van der Waals surface area contributed by atoms with Gasteiger partial charge in [0.25, 0.3) is 0 Å². The van der Waals surface area contributed by atoms with E-state index < -0.39 is 0 Å². The zero-order valence-electron chi connectivity index (χ0n) is 11.2. The number of nitrogens with two attached hydrogens (primary N) is 2. The molecule has 0 saturated carbocycles. The van der Waals surface area contributed by atoms with Gasteiger partial charge in [-0.2, -0.15) is 5.10 Å². The zero-order chi connectivity index (χ0) is 13.7. The first-order chi connectivity index (χ1) is 9.24. The van der Waals surface area contributed by atoms with Crippen molar-refractivity contribution in [1.82, 2.24) is 9.78 Å². The first kappa shape index (κ1) is 13.4. The second-order valence-electron chi connectivity index (χ2n) is 4.46. The van der Waals surface area contributed by atoms with Crippen molar-refractivity contribution in [1.29, 1.82) is 0 Å². The third kappa shape index (κ3) is 3.26. The Morgan fingerprint density at radius 1 is 1.37 bits per heavy atom. The first-order valence-electron chi connectivity index (χ1n) is 6.37. The fourth-order valence-electron chi connectivity index (χ4n) is 1.99. The number of nitrogens with zero attached hydrogens (tertiary/aromatic N) is 2. The molecule has 19 heavy (non-hydrogen) atoms. The van der Waals surface area contributed by atoms with E-state index in [9.17, 15) is 0 Å². The SMILES string of the molecule is COc1cccc(Cn2ncc(CCCN)c2N)c1. The number of rotatable bonds is 6. The average Bonchev–Trinajstić information content (AvgIpc) is 2.78. The van der Waals surface area contributed by atoms with E-state index in [1.54, 1.807) is 11.8 Å². The van der Waals surface area contributed by atoms with E-state index in [2.05, 4.69) is 5.10 Å². The highest BCUT2D eigenvalue weighted by Gasteiger charge is 2.07. The van der Waals surface area contributed by atoms with E-state index in [0.717, 1.165) is 35.5 Å². The molecule has 0 aliphatic rings. The lowest BCUT2D eigenvalue weighted by Gasteiger charge is -2.07. The van der Waals surface area contributed by atoms with Gasteiger partial charge in [-0.05, 0) is 37.1 Å². The lowest BCUT2D eigenvalue weighted by atomic mass is 10.2. The highest BCUT2D eigenvalue weighted by atomic mass is 16.5. The van der Waals surface area contributed by atoms with Gasteiger partial charge in [0, 0.05) is 5.56 Å². The lowest BCUT2D eigenvalue weighted by Crippen LogP contribution is -2.07. The molecule has 5 heteroatoms. The van der Waals surface area contributed by atoms with Gasteiger partial charge in [-0.15, -0.1) is 0 Å². The number of aryl methyl sites for hydroxylation is 1. The van der Waals surface area contributed by atoms with Crippen LogP contribution in [0.15, 0.2) is 30.5 Å². The Kier molecular flexibility index (Phi) is 4.41. The maximum atomic E-state index is 6.09. The van der Waals surface area contributed by atoms with Crippen LogP contribution in [-0.2, 0) is 13.0 Å². The molecule has 0 spiro atoms. The van der Waals surface area contributed by atoms with Crippen molar-refractivity contribution in [2.24, 2.45) is 5.73 Å². The molecule has 2 aromatic rings. The fourth-order valence-corrected chi connectivity index (χ4v) is 1.99. The molecule has 1 aromatic heterocycles. The number of aromatic nitrogens is 2. The molecule has 1 heterocycles. The summed E-state index contributed by atoms with van der Waals surface area (Å²) in [7, 11) is 1.66. The lowest BCUT2D eigenvalue weighted by molar-refractivity contribution is 0.414. The van der Waals surface area contributed by atoms with Crippen LogP contribution in [0.25, 0.3) is 0 Å². The van der Waals surface area contributed by atoms with Gasteiger partial charge in [0.1, 0.15) is 11.6 Å². The smallest absolute Gasteiger partial charge is 0.125 e. The largest absolute Gasteiger partial charge is 0.497 e. The quantitative estimate of drug-likeness (QED) is 0.823. The molecule has 0 unspecified atom stereocenters. The molecule has 102 valence electrons. The second-order valence-corrected chi connectivity index (χ2v) is 4.46. The maximum absolute atomic E-state index is 6.09. The molecule has 0 fully saturated rings. The van der Waals surface area contributed by atoms with E-state index in [0.29, 0.717) is 13.1 Å². The number of ether oxygens (including phenoxy) is 1. The number of hydrogen-bond donors (Lipinski definition) is 2. The third-order valence-corrected chi connectivity index (χ3v) is 3.08. The summed E-state index contributed by atoms with van der Waals surface area (Å²) in [6.45, 7) is 1.31. The molecule has 0 aliphatic heterocycles. The van der Waals surface area contributed by atoms with E-state index in [-0.39, 0.29) is 0 Å². The predicted molar refractivity (Wildman–Crippen MR) is 76.1 cm³/mol. The van der Waals surface area contributed by atoms with E-state index >= 15 is 0 Å². The van der Waals surface area contributed by atoms with Crippen molar-refractivity contribution in [3.8, 4) is 5.75 Å². The van der Waals surface area contributed by atoms with Crippen LogP contribution in [0, 0.1) is 0 Å². The van der Waals surface area contributed by atoms with E-state index in [1.165, 1.54) is 0 Å². The van der Waals surface area contributed by atoms with Gasteiger partial charge in [0.2, 0.25) is 0 Å². The second kappa shape index (κ2) is 6.24. The Morgan fingerprint density at radius 3 is 2.95 bits per heavy atom.